The summed E-state index contributed by atoms with van der Waals surface area (Å²) in [6.07, 6.45) is 1.12. The normalized spacial score (nSPS) is 17.2. The number of amides is 2. The molecule has 0 bridgehead atoms. The van der Waals surface area contributed by atoms with E-state index in [0.29, 0.717) is 6.54 Å². The van der Waals surface area contributed by atoms with E-state index in [4.69, 9.17) is 0 Å². The average molecular weight is 322 g/mol. The van der Waals surface area contributed by atoms with Crippen LogP contribution in [0.3, 0.4) is 0 Å². The number of carbonyl (C=O) groups is 2. The van der Waals surface area contributed by atoms with Crippen LogP contribution in [0.15, 0.2) is 48.5 Å². The van der Waals surface area contributed by atoms with Gasteiger partial charge in [0.15, 0.2) is 0 Å². The van der Waals surface area contributed by atoms with Crippen molar-refractivity contribution in [1.82, 2.24) is 0 Å². The molecule has 4 nitrogen and oxygen atoms in total. The van der Waals surface area contributed by atoms with Crippen molar-refractivity contribution in [3.05, 3.63) is 59.7 Å². The molecule has 1 N–H and O–H groups in total. The standard InChI is InChI=1S/C20H22N2O2/c1-3-15-9-7-8-14(2)19(15)21-20(24)16-12-18(23)22(13-16)17-10-5-4-6-11-17/h4-11,16H,3,12-13H2,1-2H3,(H,21,24). The fourth-order valence-corrected chi connectivity index (χ4v) is 3.17. The minimum atomic E-state index is -0.318. The number of aryl methyl sites for hydroxylation is 2. The van der Waals surface area contributed by atoms with Crippen molar-refractivity contribution < 1.29 is 9.59 Å². The van der Waals surface area contributed by atoms with Gasteiger partial charge in [-0.2, -0.15) is 0 Å². The van der Waals surface area contributed by atoms with Gasteiger partial charge in [0.25, 0.3) is 0 Å². The zero-order valence-corrected chi connectivity index (χ0v) is 14.1. The van der Waals surface area contributed by atoms with Gasteiger partial charge in [0, 0.05) is 24.3 Å². The molecule has 0 aromatic heterocycles. The number of rotatable bonds is 4. The predicted octanol–water partition coefficient (Wildman–Crippen LogP) is 3.55. The molecule has 2 aromatic rings. The van der Waals surface area contributed by atoms with E-state index in [-0.39, 0.29) is 24.2 Å². The maximum atomic E-state index is 12.7. The Hall–Kier alpha value is -2.62. The average Bonchev–Trinajstić information content (AvgIpc) is 2.99. The van der Waals surface area contributed by atoms with E-state index in [1.165, 1.54) is 0 Å². The Morgan fingerprint density at radius 3 is 2.62 bits per heavy atom. The van der Waals surface area contributed by atoms with Crippen molar-refractivity contribution >= 4 is 23.2 Å². The highest BCUT2D eigenvalue weighted by Gasteiger charge is 2.35. The maximum absolute atomic E-state index is 12.7. The Morgan fingerprint density at radius 2 is 1.92 bits per heavy atom. The summed E-state index contributed by atoms with van der Waals surface area (Å²) in [5, 5.41) is 3.05. The number of nitrogens with one attached hydrogen (secondary N) is 1. The number of hydrogen-bond acceptors (Lipinski definition) is 2. The van der Waals surface area contributed by atoms with Gasteiger partial charge in [0.1, 0.15) is 0 Å². The van der Waals surface area contributed by atoms with Crippen LogP contribution in [-0.4, -0.2) is 18.4 Å². The summed E-state index contributed by atoms with van der Waals surface area (Å²) in [6.45, 7) is 4.49. The summed E-state index contributed by atoms with van der Waals surface area (Å²) in [5.41, 5.74) is 3.90. The second-order valence-electron chi connectivity index (χ2n) is 6.19. The summed E-state index contributed by atoms with van der Waals surface area (Å²) in [7, 11) is 0. The van der Waals surface area contributed by atoms with Crippen molar-refractivity contribution in [2.45, 2.75) is 26.7 Å². The van der Waals surface area contributed by atoms with E-state index in [0.717, 1.165) is 28.9 Å². The van der Waals surface area contributed by atoms with Gasteiger partial charge in [0.2, 0.25) is 11.8 Å². The molecule has 1 unspecified atom stereocenters. The van der Waals surface area contributed by atoms with Crippen LogP contribution < -0.4 is 10.2 Å². The van der Waals surface area contributed by atoms with Crippen molar-refractivity contribution in [2.24, 2.45) is 5.92 Å². The third-order valence-electron chi connectivity index (χ3n) is 4.55. The molecule has 1 aliphatic rings. The van der Waals surface area contributed by atoms with Gasteiger partial charge in [-0.25, -0.2) is 0 Å². The van der Waals surface area contributed by atoms with Crippen LogP contribution in [-0.2, 0) is 16.0 Å². The van der Waals surface area contributed by atoms with E-state index in [9.17, 15) is 9.59 Å². The van der Waals surface area contributed by atoms with E-state index < -0.39 is 0 Å². The second-order valence-corrected chi connectivity index (χ2v) is 6.19. The number of hydrogen-bond donors (Lipinski definition) is 1. The van der Waals surface area contributed by atoms with Crippen molar-refractivity contribution in [3.63, 3.8) is 0 Å². The fraction of sp³-hybridized carbons (Fsp3) is 0.300. The molecule has 1 aliphatic heterocycles. The molecule has 24 heavy (non-hydrogen) atoms. The van der Waals surface area contributed by atoms with Gasteiger partial charge < -0.3 is 10.2 Å². The molecule has 1 fully saturated rings. The van der Waals surface area contributed by atoms with Crippen LogP contribution in [0.4, 0.5) is 11.4 Å². The first-order valence-corrected chi connectivity index (χ1v) is 8.35. The van der Waals surface area contributed by atoms with E-state index >= 15 is 0 Å². The first-order chi connectivity index (χ1) is 11.6. The van der Waals surface area contributed by atoms with E-state index in [1.807, 2.05) is 55.5 Å². The Labute approximate surface area is 142 Å². The SMILES string of the molecule is CCc1cccc(C)c1NC(=O)C1CC(=O)N(c2ccccc2)C1. The zero-order chi connectivity index (χ0) is 17.1. The minimum Gasteiger partial charge on any atom is -0.325 e. The molecule has 124 valence electrons. The lowest BCUT2D eigenvalue weighted by Gasteiger charge is -2.18. The molecule has 0 aliphatic carbocycles. The van der Waals surface area contributed by atoms with Crippen LogP contribution in [0, 0.1) is 12.8 Å². The number of benzene rings is 2. The molecule has 0 radical (unpaired) electrons. The summed E-state index contributed by atoms with van der Waals surface area (Å²) >= 11 is 0. The Bertz CT molecular complexity index is 755. The third kappa shape index (κ3) is 3.18. The molecule has 4 heteroatoms. The van der Waals surface area contributed by atoms with Gasteiger partial charge in [-0.1, -0.05) is 43.3 Å². The van der Waals surface area contributed by atoms with Crippen molar-refractivity contribution in [1.29, 1.82) is 0 Å². The molecule has 2 amide bonds. The molecular weight excluding hydrogens is 300 g/mol. The van der Waals surface area contributed by atoms with Crippen LogP contribution in [0.2, 0.25) is 0 Å². The monoisotopic (exact) mass is 322 g/mol. The highest BCUT2D eigenvalue weighted by atomic mass is 16.2. The maximum Gasteiger partial charge on any atom is 0.229 e. The summed E-state index contributed by atoms with van der Waals surface area (Å²) < 4.78 is 0. The van der Waals surface area contributed by atoms with Gasteiger partial charge in [-0.15, -0.1) is 0 Å². The minimum absolute atomic E-state index is 0.00171. The largest absolute Gasteiger partial charge is 0.325 e. The Balaban J connectivity index is 1.74. The van der Waals surface area contributed by atoms with E-state index in [2.05, 4.69) is 12.2 Å². The van der Waals surface area contributed by atoms with E-state index in [1.54, 1.807) is 4.90 Å². The lowest BCUT2D eigenvalue weighted by molar-refractivity contribution is -0.122. The number of anilines is 2. The fourth-order valence-electron chi connectivity index (χ4n) is 3.17. The Kier molecular flexibility index (Phi) is 4.65. The smallest absolute Gasteiger partial charge is 0.229 e. The second kappa shape index (κ2) is 6.87. The first kappa shape index (κ1) is 16.2. The van der Waals surface area contributed by atoms with Crippen molar-refractivity contribution in [2.75, 3.05) is 16.8 Å². The molecule has 0 saturated carbocycles. The molecular formula is C20H22N2O2. The van der Waals surface area contributed by atoms with Crippen LogP contribution >= 0.6 is 0 Å². The molecule has 0 spiro atoms. The first-order valence-electron chi connectivity index (χ1n) is 8.35. The molecule has 1 heterocycles. The highest BCUT2D eigenvalue weighted by molar-refractivity contribution is 6.03. The summed E-state index contributed by atoms with van der Waals surface area (Å²) in [4.78, 5) is 26.6. The zero-order valence-electron chi connectivity index (χ0n) is 14.1. The van der Waals surface area contributed by atoms with Gasteiger partial charge in [0.05, 0.1) is 5.92 Å². The molecule has 1 saturated heterocycles. The topological polar surface area (TPSA) is 49.4 Å². The number of nitrogens with zero attached hydrogens (tertiary/aromatic N) is 1. The quantitative estimate of drug-likeness (QED) is 0.936. The van der Waals surface area contributed by atoms with Gasteiger partial charge >= 0.3 is 0 Å². The highest BCUT2D eigenvalue weighted by Crippen LogP contribution is 2.27. The van der Waals surface area contributed by atoms with Crippen LogP contribution in [0.5, 0.6) is 0 Å². The lowest BCUT2D eigenvalue weighted by Crippen LogP contribution is -2.28. The summed E-state index contributed by atoms with van der Waals surface area (Å²) in [6, 6.07) is 15.5. The van der Waals surface area contributed by atoms with Crippen LogP contribution in [0.25, 0.3) is 0 Å². The molecule has 1 atom stereocenters. The number of carbonyl (C=O) groups excluding carboxylic acids is 2. The van der Waals surface area contributed by atoms with Gasteiger partial charge in [-0.3, -0.25) is 9.59 Å². The molecule has 3 rings (SSSR count). The third-order valence-corrected chi connectivity index (χ3v) is 4.55. The number of para-hydroxylation sites is 2. The Morgan fingerprint density at radius 1 is 1.17 bits per heavy atom. The van der Waals surface area contributed by atoms with Crippen LogP contribution in [0.1, 0.15) is 24.5 Å². The summed E-state index contributed by atoms with van der Waals surface area (Å²) in [5.74, 6) is -0.394. The molecule has 2 aromatic carbocycles. The predicted molar refractivity (Wildman–Crippen MR) is 96.1 cm³/mol. The van der Waals surface area contributed by atoms with Crippen molar-refractivity contribution in [3.8, 4) is 0 Å². The lowest BCUT2D eigenvalue weighted by atomic mass is 10.0. The van der Waals surface area contributed by atoms with Gasteiger partial charge in [-0.05, 0) is 36.6 Å².